The fourth-order valence-electron chi connectivity index (χ4n) is 2.70. The van der Waals surface area contributed by atoms with Crippen LogP contribution in [0.4, 0.5) is 5.69 Å². The number of carboxylic acid groups (broad SMARTS) is 1. The molecule has 0 radical (unpaired) electrons. The molecule has 1 aromatic carbocycles. The van der Waals surface area contributed by atoms with Crippen molar-refractivity contribution < 1.29 is 14.7 Å². The maximum absolute atomic E-state index is 12.7. The zero-order valence-corrected chi connectivity index (χ0v) is 14.0. The van der Waals surface area contributed by atoms with E-state index in [1.165, 1.54) is 9.91 Å². The lowest BCUT2D eigenvalue weighted by Gasteiger charge is -2.19. The van der Waals surface area contributed by atoms with E-state index in [1.54, 1.807) is 43.7 Å². The number of nitrogens with zero attached hydrogens (tertiary/aromatic N) is 5. The molecule has 0 bridgehead atoms. The van der Waals surface area contributed by atoms with Gasteiger partial charge in [0.1, 0.15) is 11.5 Å². The molecule has 1 amide bonds. The van der Waals surface area contributed by atoms with Crippen LogP contribution in [-0.4, -0.2) is 50.2 Å². The van der Waals surface area contributed by atoms with Gasteiger partial charge in [-0.2, -0.15) is 5.10 Å². The van der Waals surface area contributed by atoms with Gasteiger partial charge in [0, 0.05) is 32.9 Å². The summed E-state index contributed by atoms with van der Waals surface area (Å²) in [6, 6.07) is 8.09. The quantitative estimate of drug-likeness (QED) is 0.879. The maximum Gasteiger partial charge on any atom is 0.328 e. The fraction of sp³-hybridized carbons (Fsp3) is 0.294. The summed E-state index contributed by atoms with van der Waals surface area (Å²) >= 11 is 0. The lowest BCUT2D eigenvalue weighted by Crippen LogP contribution is -2.36. The van der Waals surface area contributed by atoms with Crippen molar-refractivity contribution in [3.8, 4) is 0 Å². The average molecular weight is 341 g/mol. The summed E-state index contributed by atoms with van der Waals surface area (Å²) in [5.41, 5.74) is 0.873. The van der Waals surface area contributed by atoms with Crippen LogP contribution < -0.4 is 5.01 Å². The zero-order chi connectivity index (χ0) is 18.0. The first kappa shape index (κ1) is 16.7. The first-order valence-electron chi connectivity index (χ1n) is 7.83. The largest absolute Gasteiger partial charge is 0.480 e. The van der Waals surface area contributed by atoms with Gasteiger partial charge in [-0.1, -0.05) is 18.2 Å². The number of anilines is 1. The summed E-state index contributed by atoms with van der Waals surface area (Å²) < 4.78 is 1.83. The molecule has 0 aliphatic carbocycles. The number of benzene rings is 1. The Morgan fingerprint density at radius 2 is 2.04 bits per heavy atom. The third kappa shape index (κ3) is 3.37. The number of aryl methyl sites for hydroxylation is 1. The molecule has 0 saturated carbocycles. The third-order valence-electron chi connectivity index (χ3n) is 4.11. The highest BCUT2D eigenvalue weighted by molar-refractivity contribution is 6.40. The average Bonchev–Trinajstić information content (AvgIpc) is 3.22. The molecule has 2 aromatic rings. The number of carbonyl (C=O) groups is 2. The van der Waals surface area contributed by atoms with Gasteiger partial charge in [-0.25, -0.2) is 9.78 Å². The van der Waals surface area contributed by atoms with Crippen molar-refractivity contribution in [2.24, 2.45) is 12.1 Å². The minimum absolute atomic E-state index is 0.0635. The van der Waals surface area contributed by atoms with Crippen LogP contribution in [0, 0.1) is 0 Å². The van der Waals surface area contributed by atoms with Gasteiger partial charge < -0.3 is 14.6 Å². The SMILES string of the molecule is CN(Cc1nccn1C)C(=O)C1=NN(c2ccccc2)C(C(=O)O)C1. The van der Waals surface area contributed by atoms with Gasteiger partial charge in [-0.15, -0.1) is 0 Å². The molecule has 1 atom stereocenters. The highest BCUT2D eigenvalue weighted by atomic mass is 16.4. The van der Waals surface area contributed by atoms with Crippen LogP contribution in [0.3, 0.4) is 0 Å². The lowest BCUT2D eigenvalue weighted by molar-refractivity contribution is -0.138. The van der Waals surface area contributed by atoms with Gasteiger partial charge in [-0.3, -0.25) is 9.80 Å². The summed E-state index contributed by atoms with van der Waals surface area (Å²) in [7, 11) is 3.51. The second kappa shape index (κ2) is 6.76. The molecule has 1 aromatic heterocycles. The van der Waals surface area contributed by atoms with Crippen LogP contribution in [0.1, 0.15) is 12.2 Å². The highest BCUT2D eigenvalue weighted by Gasteiger charge is 2.37. The molecule has 0 saturated heterocycles. The molecule has 8 nitrogen and oxygen atoms in total. The maximum atomic E-state index is 12.7. The molecule has 1 aliphatic rings. The van der Waals surface area contributed by atoms with E-state index in [2.05, 4.69) is 10.1 Å². The summed E-state index contributed by atoms with van der Waals surface area (Å²) in [5, 5.41) is 15.2. The number of hydrazone groups is 1. The van der Waals surface area contributed by atoms with Gasteiger partial charge in [-0.05, 0) is 12.1 Å². The van der Waals surface area contributed by atoms with E-state index in [9.17, 15) is 14.7 Å². The van der Waals surface area contributed by atoms with Crippen LogP contribution >= 0.6 is 0 Å². The Balaban J connectivity index is 1.80. The van der Waals surface area contributed by atoms with E-state index in [4.69, 9.17) is 0 Å². The van der Waals surface area contributed by atoms with Crippen LogP contribution in [0.2, 0.25) is 0 Å². The molecule has 25 heavy (non-hydrogen) atoms. The molecule has 1 N–H and O–H groups in total. The van der Waals surface area contributed by atoms with Crippen molar-refractivity contribution in [3.63, 3.8) is 0 Å². The summed E-state index contributed by atoms with van der Waals surface area (Å²) in [6.07, 6.45) is 3.53. The molecule has 2 heterocycles. The topological polar surface area (TPSA) is 91.0 Å². The number of hydrogen-bond acceptors (Lipinski definition) is 5. The number of para-hydroxylation sites is 1. The van der Waals surface area contributed by atoms with Gasteiger partial charge >= 0.3 is 5.97 Å². The Bertz CT molecular complexity index is 815. The van der Waals surface area contributed by atoms with E-state index in [0.29, 0.717) is 12.2 Å². The third-order valence-corrected chi connectivity index (χ3v) is 4.11. The molecule has 0 fully saturated rings. The van der Waals surface area contributed by atoms with Crippen LogP contribution in [0.25, 0.3) is 0 Å². The number of aromatic nitrogens is 2. The predicted molar refractivity (Wildman–Crippen MR) is 92.1 cm³/mol. The van der Waals surface area contributed by atoms with E-state index in [1.807, 2.05) is 17.7 Å². The Kier molecular flexibility index (Phi) is 4.51. The second-order valence-electron chi connectivity index (χ2n) is 5.90. The Morgan fingerprint density at radius 1 is 1.32 bits per heavy atom. The summed E-state index contributed by atoms with van der Waals surface area (Å²) in [5.74, 6) is -0.570. The second-order valence-corrected chi connectivity index (χ2v) is 5.90. The Morgan fingerprint density at radius 3 is 2.64 bits per heavy atom. The molecule has 1 unspecified atom stereocenters. The van der Waals surface area contributed by atoms with Gasteiger partial charge in [0.25, 0.3) is 5.91 Å². The fourth-order valence-corrected chi connectivity index (χ4v) is 2.70. The smallest absolute Gasteiger partial charge is 0.328 e. The molecule has 3 rings (SSSR count). The number of amides is 1. The van der Waals surface area contributed by atoms with Gasteiger partial charge in [0.05, 0.1) is 12.2 Å². The van der Waals surface area contributed by atoms with E-state index in [0.717, 1.165) is 5.82 Å². The monoisotopic (exact) mass is 341 g/mol. The number of rotatable bonds is 5. The summed E-state index contributed by atoms with van der Waals surface area (Å²) in [4.78, 5) is 29.9. The highest BCUT2D eigenvalue weighted by Crippen LogP contribution is 2.25. The number of imidazole rings is 1. The number of hydrogen-bond donors (Lipinski definition) is 1. The molecule has 0 spiro atoms. The van der Waals surface area contributed by atoms with Gasteiger partial charge in [0.15, 0.2) is 6.04 Å². The van der Waals surface area contributed by atoms with Crippen molar-refractivity contribution in [1.29, 1.82) is 0 Å². The number of carboxylic acids is 1. The van der Waals surface area contributed by atoms with E-state index in [-0.39, 0.29) is 18.0 Å². The Hall–Kier alpha value is -3.16. The van der Waals surface area contributed by atoms with Crippen molar-refractivity contribution in [1.82, 2.24) is 14.5 Å². The van der Waals surface area contributed by atoms with Crippen LogP contribution in [0.15, 0.2) is 47.8 Å². The molecule has 1 aliphatic heterocycles. The normalized spacial score (nSPS) is 16.6. The number of aliphatic carboxylic acids is 1. The Labute approximate surface area is 145 Å². The van der Waals surface area contributed by atoms with Crippen molar-refractivity contribution in [3.05, 3.63) is 48.5 Å². The zero-order valence-electron chi connectivity index (χ0n) is 14.0. The number of carbonyl (C=O) groups excluding carboxylic acids is 1. The first-order valence-corrected chi connectivity index (χ1v) is 7.83. The minimum Gasteiger partial charge on any atom is -0.480 e. The lowest BCUT2D eigenvalue weighted by atomic mass is 10.1. The van der Waals surface area contributed by atoms with Crippen molar-refractivity contribution in [2.45, 2.75) is 19.0 Å². The van der Waals surface area contributed by atoms with Crippen LogP contribution in [0.5, 0.6) is 0 Å². The van der Waals surface area contributed by atoms with Crippen molar-refractivity contribution >= 4 is 23.3 Å². The van der Waals surface area contributed by atoms with Crippen molar-refractivity contribution in [2.75, 3.05) is 12.1 Å². The summed E-state index contributed by atoms with van der Waals surface area (Å²) in [6.45, 7) is 0.324. The predicted octanol–water partition coefficient (Wildman–Crippen LogP) is 1.10. The van der Waals surface area contributed by atoms with E-state index >= 15 is 0 Å². The molecule has 8 heteroatoms. The first-order chi connectivity index (χ1) is 12.0. The minimum atomic E-state index is -1.01. The molecular weight excluding hydrogens is 322 g/mol. The molecular formula is C17H19N5O3. The molecule has 130 valence electrons. The van der Waals surface area contributed by atoms with Gasteiger partial charge in [0.2, 0.25) is 0 Å². The standard InChI is InChI=1S/C17H19N5O3/c1-20-9-8-18-15(20)11-21(2)16(23)13-10-14(17(24)25)22(19-13)12-6-4-3-5-7-12/h3-9,14H,10-11H2,1-2H3,(H,24,25). The van der Waals surface area contributed by atoms with Crippen LogP contribution in [-0.2, 0) is 23.2 Å². The van der Waals surface area contributed by atoms with E-state index < -0.39 is 12.0 Å².